The fourth-order valence-electron chi connectivity index (χ4n) is 14.1. The summed E-state index contributed by atoms with van der Waals surface area (Å²) in [5, 5.41) is 9.76. The molecular weight excluding hydrogens is 1030 g/mol. The van der Waals surface area contributed by atoms with E-state index in [2.05, 4.69) is 108 Å². The van der Waals surface area contributed by atoms with E-state index in [9.17, 15) is 24.0 Å². The highest BCUT2D eigenvalue weighted by molar-refractivity contribution is 5.80. The number of fused-ring (bicyclic) bond motifs is 6. The van der Waals surface area contributed by atoms with Gasteiger partial charge in [-0.3, -0.25) is 4.79 Å². The van der Waals surface area contributed by atoms with Crippen LogP contribution in [0.5, 0.6) is 0 Å². The van der Waals surface area contributed by atoms with E-state index in [4.69, 9.17) is 9.47 Å². The largest absolute Gasteiger partial charge is 0.444 e. The molecule has 0 radical (unpaired) electrons. The molecule has 15 heteroatoms. The molecule has 7 amide bonds. The highest BCUT2D eigenvalue weighted by atomic mass is 16.6. The number of carbonyl (C=O) groups excluding carboxylic acids is 5. The number of rotatable bonds is 6. The van der Waals surface area contributed by atoms with Crippen LogP contribution in [0.15, 0.2) is 72.8 Å². The van der Waals surface area contributed by atoms with Gasteiger partial charge in [0.05, 0.1) is 18.1 Å². The second-order valence-electron chi connectivity index (χ2n) is 28.6. The van der Waals surface area contributed by atoms with Crippen LogP contribution < -0.4 is 16.0 Å². The molecule has 3 aliphatic heterocycles. The van der Waals surface area contributed by atoms with Gasteiger partial charge >= 0.3 is 24.2 Å². The maximum atomic E-state index is 12.8. The summed E-state index contributed by atoms with van der Waals surface area (Å²) in [4.78, 5) is 71.5. The number of nitrogens with one attached hydrogen (secondary N) is 3. The van der Waals surface area contributed by atoms with Gasteiger partial charge in [-0.1, -0.05) is 106 Å². The fourth-order valence-corrected chi connectivity index (χ4v) is 14.1. The summed E-state index contributed by atoms with van der Waals surface area (Å²) < 4.78 is 11.1. The summed E-state index contributed by atoms with van der Waals surface area (Å²) in [5.41, 5.74) is 7.69. The molecule has 0 unspecified atom stereocenters. The highest BCUT2D eigenvalue weighted by Gasteiger charge is 2.50. The second-order valence-corrected chi connectivity index (χ2v) is 28.6. The third-order valence-corrected chi connectivity index (χ3v) is 18.7. The topological polar surface area (TPSA) is 156 Å². The molecule has 7 aliphatic rings. The molecule has 0 bridgehead atoms. The number of nitrogens with zero attached hydrogens (tertiary/aromatic N) is 5. The Bertz CT molecular complexity index is 2730. The molecule has 3 heterocycles. The Morgan fingerprint density at radius 3 is 1.17 bits per heavy atom. The minimum atomic E-state index is -0.478. The lowest BCUT2D eigenvalue weighted by Gasteiger charge is -2.41. The number of piperidine rings is 3. The average molecular weight is 1140 g/mol. The summed E-state index contributed by atoms with van der Waals surface area (Å²) in [6, 6.07) is 25.9. The average Bonchev–Trinajstić information content (AvgIpc) is 2.09. The van der Waals surface area contributed by atoms with E-state index in [1.165, 1.54) is 85.1 Å². The summed E-state index contributed by atoms with van der Waals surface area (Å²) >= 11 is 0. The zero-order valence-corrected chi connectivity index (χ0v) is 52.2. The van der Waals surface area contributed by atoms with Crippen LogP contribution in [0, 0.1) is 11.3 Å². The lowest BCUT2D eigenvalue weighted by Crippen LogP contribution is -2.46. The standard InChI is InChI=1S/C24H34N2O3.C22H35N3O.C21H31N3O3.3H2/c1-23(2,3)29-22(28)26-14-12-24(13-15-26)16-20(18-10-6-7-11-19(18)24)25-21(27)17-8-4-5-9-17;1-21(2,3)10-13-25-14-11-22(12-15-25)16-19(23-20(26)24(4)5)17-8-6-7-9-18(17)22;1-20(2,3)27-19(26)24-12-10-21(11-13-24)14-17(22-18(25)23(4)5)15-8-6-7-9-16(15)21;;;/h6-7,10-11,17,20H,4-5,8-9,12-16H2,1-3H3,(H,25,27);6-9,19H,10-16H2,1-5H3,(H,23,26);6-9,17H,10-14H2,1-5H3,(H,22,25);3*1H/t20-;19-;17-;;;/m000.../s1. The van der Waals surface area contributed by atoms with Gasteiger partial charge in [0.25, 0.3) is 0 Å². The molecule has 456 valence electrons. The number of benzene rings is 3. The molecule has 3 saturated heterocycles. The van der Waals surface area contributed by atoms with E-state index >= 15 is 0 Å². The van der Waals surface area contributed by atoms with Crippen molar-refractivity contribution in [3.05, 3.63) is 106 Å². The zero-order chi connectivity index (χ0) is 59.4. The summed E-state index contributed by atoms with van der Waals surface area (Å²) in [5.74, 6) is 0.415. The first-order valence-electron chi connectivity index (χ1n) is 30.8. The minimum Gasteiger partial charge on any atom is -0.444 e. The minimum absolute atomic E-state index is 0. The molecule has 1 saturated carbocycles. The molecule has 3 spiro atoms. The number of ether oxygens (including phenoxy) is 2. The molecule has 0 aromatic heterocycles. The van der Waals surface area contributed by atoms with E-state index in [1.807, 2.05) is 57.4 Å². The quantitative estimate of drug-likeness (QED) is 0.220. The third kappa shape index (κ3) is 14.9. The van der Waals surface area contributed by atoms with Crippen LogP contribution in [-0.2, 0) is 30.5 Å². The zero-order valence-electron chi connectivity index (χ0n) is 52.2. The predicted octanol–water partition coefficient (Wildman–Crippen LogP) is 13.3. The molecule has 3 aromatic carbocycles. The Kier molecular flexibility index (Phi) is 19.1. The van der Waals surface area contributed by atoms with Crippen molar-refractivity contribution in [1.29, 1.82) is 0 Å². The Morgan fingerprint density at radius 2 is 0.841 bits per heavy atom. The number of likely N-dealkylation sites (tertiary alicyclic amines) is 3. The maximum Gasteiger partial charge on any atom is 0.410 e. The number of amides is 7. The van der Waals surface area contributed by atoms with Crippen LogP contribution in [0.4, 0.5) is 19.2 Å². The SMILES string of the molecule is CC(C)(C)OC(=O)N1CCC2(CC1)C[C@H](NC(=O)C1CCCC1)c1ccccc12.CN(C)C(=O)N[C@H]1CC2(CCN(C(=O)OC(C)(C)C)CC2)c2ccccc21.CN(C)C(=O)N[C@H]1CC2(CCN(CCC(C)(C)C)CC2)c2ccccc21.[HH].[HH].[HH]. The van der Waals surface area contributed by atoms with E-state index < -0.39 is 11.2 Å². The molecular formula is C67H106N8O7. The third-order valence-electron chi connectivity index (χ3n) is 18.7. The number of carbonyl (C=O) groups is 5. The van der Waals surface area contributed by atoms with Gasteiger partial charge in [-0.15, -0.1) is 0 Å². The van der Waals surface area contributed by atoms with Crippen LogP contribution in [0.2, 0.25) is 0 Å². The van der Waals surface area contributed by atoms with E-state index in [0.29, 0.717) is 31.6 Å². The molecule has 82 heavy (non-hydrogen) atoms. The van der Waals surface area contributed by atoms with Crippen LogP contribution in [0.25, 0.3) is 0 Å². The van der Waals surface area contributed by atoms with Crippen LogP contribution in [0.1, 0.15) is 208 Å². The fraction of sp³-hybridized carbons (Fsp3) is 0.657. The maximum absolute atomic E-state index is 12.8. The molecule has 4 aliphatic carbocycles. The van der Waals surface area contributed by atoms with E-state index in [-0.39, 0.29) is 74.7 Å². The normalized spacial score (nSPS) is 22.4. The van der Waals surface area contributed by atoms with Crippen molar-refractivity contribution in [3.8, 4) is 0 Å². The molecule has 3 N–H and O–H groups in total. The number of hydrogen-bond acceptors (Lipinski definition) is 8. The van der Waals surface area contributed by atoms with Crippen molar-refractivity contribution in [3.63, 3.8) is 0 Å². The molecule has 4 fully saturated rings. The van der Waals surface area contributed by atoms with Crippen molar-refractivity contribution in [1.82, 2.24) is 40.4 Å². The smallest absolute Gasteiger partial charge is 0.410 e. The number of hydrogen-bond donors (Lipinski definition) is 3. The Balaban J connectivity index is 0.000000229. The second kappa shape index (κ2) is 25.2. The first-order chi connectivity index (χ1) is 38.6. The Morgan fingerprint density at radius 1 is 0.512 bits per heavy atom. The first kappa shape index (κ1) is 62.2. The van der Waals surface area contributed by atoms with Crippen molar-refractivity contribution < 1.29 is 37.7 Å². The monoisotopic (exact) mass is 1130 g/mol. The molecule has 3 aromatic rings. The Hall–Kier alpha value is -5.83. The van der Waals surface area contributed by atoms with Gasteiger partial charge in [-0.05, 0) is 177 Å². The van der Waals surface area contributed by atoms with E-state index in [0.717, 1.165) is 57.8 Å². The van der Waals surface area contributed by atoms with Gasteiger partial charge < -0.3 is 49.9 Å². The molecule has 3 atom stereocenters. The summed E-state index contributed by atoms with van der Waals surface area (Å²) in [7, 11) is 7.12. The summed E-state index contributed by atoms with van der Waals surface area (Å²) in [6.45, 7) is 24.6. The number of urea groups is 2. The van der Waals surface area contributed by atoms with Crippen LogP contribution in [-0.4, -0.2) is 140 Å². The predicted molar refractivity (Wildman–Crippen MR) is 331 cm³/mol. The van der Waals surface area contributed by atoms with Gasteiger partial charge in [0.15, 0.2) is 0 Å². The highest BCUT2D eigenvalue weighted by Crippen LogP contribution is 2.53. The van der Waals surface area contributed by atoms with Gasteiger partial charge in [-0.2, -0.15) is 0 Å². The van der Waals surface area contributed by atoms with Crippen molar-refractivity contribution >= 4 is 30.2 Å². The first-order valence-corrected chi connectivity index (χ1v) is 30.8. The van der Waals surface area contributed by atoms with E-state index in [1.54, 1.807) is 38.0 Å². The van der Waals surface area contributed by atoms with Gasteiger partial charge in [0.1, 0.15) is 11.2 Å². The van der Waals surface area contributed by atoms with Crippen molar-refractivity contribution in [2.24, 2.45) is 11.3 Å². The summed E-state index contributed by atoms with van der Waals surface area (Å²) in [6.07, 6.45) is 14.0. The van der Waals surface area contributed by atoms with Crippen LogP contribution in [0.3, 0.4) is 0 Å². The Labute approximate surface area is 495 Å². The van der Waals surface area contributed by atoms with Crippen LogP contribution >= 0.6 is 0 Å². The lowest BCUT2D eigenvalue weighted by atomic mass is 9.73. The van der Waals surface area contributed by atoms with Crippen molar-refractivity contribution in [2.75, 3.05) is 74.0 Å². The van der Waals surface area contributed by atoms with Gasteiger partial charge in [-0.25, -0.2) is 19.2 Å². The lowest BCUT2D eigenvalue weighted by molar-refractivity contribution is -0.125. The van der Waals surface area contributed by atoms with Gasteiger partial charge in [0.2, 0.25) is 5.91 Å². The molecule has 15 nitrogen and oxygen atoms in total. The van der Waals surface area contributed by atoms with Gasteiger partial charge in [0, 0.05) is 80.8 Å². The van der Waals surface area contributed by atoms with Crippen molar-refractivity contribution in [2.45, 2.75) is 198 Å². The molecule has 10 rings (SSSR count).